The van der Waals surface area contributed by atoms with Crippen LogP contribution in [0, 0.1) is 0 Å². The van der Waals surface area contributed by atoms with Gasteiger partial charge in [-0.05, 0) is 35.0 Å². The molecule has 0 fully saturated rings. The van der Waals surface area contributed by atoms with E-state index in [0.717, 1.165) is 0 Å². The molecule has 2 heterocycles. The average Bonchev–Trinajstić information content (AvgIpc) is 2.39. The number of amidine groups is 1. The first-order valence-corrected chi connectivity index (χ1v) is 7.34. The first-order valence-electron chi connectivity index (χ1n) is 6.17. The summed E-state index contributed by atoms with van der Waals surface area (Å²) < 4.78 is 44.2. The molecule has 6 nitrogen and oxygen atoms in total. The fourth-order valence-electron chi connectivity index (χ4n) is 2.11. The first-order chi connectivity index (χ1) is 10.5. The lowest BCUT2D eigenvalue weighted by molar-refractivity contribution is -0.208. The topological polar surface area (TPSA) is 83.8 Å². The number of amides is 1. The molecule has 0 spiro atoms. The zero-order chi connectivity index (χ0) is 17.4. The normalized spacial score (nSPS) is 24.6. The van der Waals surface area contributed by atoms with Crippen LogP contribution in [0.4, 0.5) is 18.0 Å². The Balaban J connectivity index is 2.52. The summed E-state index contributed by atoms with van der Waals surface area (Å²) in [6, 6.07) is 2.22. The zero-order valence-corrected chi connectivity index (χ0v) is 13.8. The van der Waals surface area contributed by atoms with Gasteiger partial charge < -0.3 is 9.84 Å². The van der Waals surface area contributed by atoms with Crippen molar-refractivity contribution in [3.8, 4) is 0 Å². The molecule has 2 atom stereocenters. The van der Waals surface area contributed by atoms with Crippen molar-refractivity contribution >= 4 is 39.6 Å². The number of alkyl halides is 3. The van der Waals surface area contributed by atoms with Gasteiger partial charge in [0.05, 0.1) is 10.7 Å². The van der Waals surface area contributed by atoms with Gasteiger partial charge in [0.15, 0.2) is 6.10 Å². The van der Waals surface area contributed by atoms with Gasteiger partial charge in [0.2, 0.25) is 0 Å². The molecular formula is C12H10BrClF3N3O3. The number of pyridine rings is 1. The Morgan fingerprint density at radius 2 is 2.22 bits per heavy atom. The minimum atomic E-state index is -4.71. The number of ether oxygens (including phenoxy) is 1. The lowest BCUT2D eigenvalue weighted by Crippen LogP contribution is -2.48. The van der Waals surface area contributed by atoms with Crippen molar-refractivity contribution in [1.29, 1.82) is 0 Å². The van der Waals surface area contributed by atoms with Gasteiger partial charge in [-0.1, -0.05) is 11.6 Å². The molecular weight excluding hydrogens is 407 g/mol. The largest absolute Gasteiger partial charge is 0.465 e. The molecule has 0 radical (unpaired) electrons. The maximum Gasteiger partial charge on any atom is 0.425 e. The molecule has 0 aliphatic carbocycles. The number of halogens is 5. The highest BCUT2D eigenvalue weighted by Gasteiger charge is 2.51. The van der Waals surface area contributed by atoms with Crippen molar-refractivity contribution in [3.63, 3.8) is 0 Å². The van der Waals surface area contributed by atoms with Crippen LogP contribution in [0.2, 0.25) is 5.02 Å². The Hall–Kier alpha value is -1.55. The fourth-order valence-corrected chi connectivity index (χ4v) is 2.73. The van der Waals surface area contributed by atoms with E-state index in [1.807, 2.05) is 0 Å². The zero-order valence-electron chi connectivity index (χ0n) is 11.5. The van der Waals surface area contributed by atoms with E-state index in [0.29, 0.717) is 4.60 Å². The molecule has 1 aliphatic rings. The summed E-state index contributed by atoms with van der Waals surface area (Å²) in [4.78, 5) is 18.7. The molecule has 1 amide bonds. The summed E-state index contributed by atoms with van der Waals surface area (Å²) in [5, 5.41) is 10.5. The quantitative estimate of drug-likeness (QED) is 0.684. The summed E-state index contributed by atoms with van der Waals surface area (Å²) in [6.45, 7) is 1.37. The second-order valence-electron chi connectivity index (χ2n) is 4.94. The molecule has 0 aromatic carbocycles. The average molecular weight is 417 g/mol. The van der Waals surface area contributed by atoms with E-state index in [1.54, 1.807) is 5.32 Å². The molecule has 0 saturated heterocycles. The van der Waals surface area contributed by atoms with Gasteiger partial charge in [0, 0.05) is 6.42 Å². The third-order valence-electron chi connectivity index (χ3n) is 3.09. The standard InChI is InChI=1S/C12H10BrClF3N3O3/c1-11(8-5(14)2-3-7(13)18-8)4-6(12(15,16)17)23-9(20-11)19-10(21)22/h2-3,6H,4H2,1H3,(H,19,20)(H,21,22)/t6-,11-/m0/s1. The second kappa shape index (κ2) is 6.16. The Morgan fingerprint density at radius 1 is 1.57 bits per heavy atom. The number of aromatic nitrogens is 1. The molecule has 1 aromatic heterocycles. The SMILES string of the molecule is C[C@@]1(c2nc(Br)ccc2Cl)C[C@@H](C(F)(F)F)OC(NC(=O)O)=N1. The Kier molecular flexibility index (Phi) is 4.76. The van der Waals surface area contributed by atoms with Gasteiger partial charge >= 0.3 is 12.3 Å². The third-order valence-corrected chi connectivity index (χ3v) is 3.83. The second-order valence-corrected chi connectivity index (χ2v) is 6.16. The molecule has 23 heavy (non-hydrogen) atoms. The maximum absolute atomic E-state index is 13.1. The number of hydrogen-bond donors (Lipinski definition) is 2. The Labute approximate surface area is 141 Å². The molecule has 2 N–H and O–H groups in total. The Morgan fingerprint density at radius 3 is 2.78 bits per heavy atom. The van der Waals surface area contributed by atoms with E-state index in [4.69, 9.17) is 16.7 Å². The van der Waals surface area contributed by atoms with Gasteiger partial charge in [-0.2, -0.15) is 13.2 Å². The number of hydrogen-bond acceptors (Lipinski definition) is 4. The monoisotopic (exact) mass is 415 g/mol. The van der Waals surface area contributed by atoms with Crippen LogP contribution < -0.4 is 5.32 Å². The van der Waals surface area contributed by atoms with Crippen LogP contribution in [0.25, 0.3) is 0 Å². The van der Waals surface area contributed by atoms with E-state index in [9.17, 15) is 18.0 Å². The molecule has 2 rings (SSSR count). The van der Waals surface area contributed by atoms with Crippen LogP contribution >= 0.6 is 27.5 Å². The van der Waals surface area contributed by atoms with Gasteiger partial charge in [-0.25, -0.2) is 20.1 Å². The Bertz CT molecular complexity index is 671. The summed E-state index contributed by atoms with van der Waals surface area (Å²) in [6.07, 6.45) is -9.14. The minimum absolute atomic E-state index is 0.0794. The summed E-state index contributed by atoms with van der Waals surface area (Å²) >= 11 is 9.14. The van der Waals surface area contributed by atoms with Crippen molar-refractivity contribution in [2.45, 2.75) is 31.2 Å². The predicted octanol–water partition coefficient (Wildman–Crippen LogP) is 3.69. The van der Waals surface area contributed by atoms with Crippen LogP contribution in [0.3, 0.4) is 0 Å². The van der Waals surface area contributed by atoms with E-state index in [-0.39, 0.29) is 10.7 Å². The van der Waals surface area contributed by atoms with E-state index in [1.165, 1.54) is 19.1 Å². The highest BCUT2D eigenvalue weighted by molar-refractivity contribution is 9.10. The summed E-state index contributed by atoms with van der Waals surface area (Å²) in [7, 11) is 0. The van der Waals surface area contributed by atoms with Crippen molar-refractivity contribution in [2.24, 2.45) is 4.99 Å². The summed E-state index contributed by atoms with van der Waals surface area (Å²) in [5.41, 5.74) is -1.44. The lowest BCUT2D eigenvalue weighted by Gasteiger charge is -2.36. The predicted molar refractivity (Wildman–Crippen MR) is 78.4 cm³/mol. The van der Waals surface area contributed by atoms with Crippen LogP contribution in [-0.2, 0) is 10.3 Å². The van der Waals surface area contributed by atoms with Crippen molar-refractivity contribution in [2.75, 3.05) is 0 Å². The first kappa shape index (κ1) is 17.8. The molecule has 1 aromatic rings. The van der Waals surface area contributed by atoms with Crippen molar-refractivity contribution in [3.05, 3.63) is 27.5 Å². The highest BCUT2D eigenvalue weighted by atomic mass is 79.9. The van der Waals surface area contributed by atoms with E-state index >= 15 is 0 Å². The van der Waals surface area contributed by atoms with Gasteiger partial charge in [0.1, 0.15) is 10.1 Å². The van der Waals surface area contributed by atoms with E-state index in [2.05, 4.69) is 30.6 Å². The smallest absolute Gasteiger partial charge is 0.425 e. The summed E-state index contributed by atoms with van der Waals surface area (Å²) in [5.74, 6) is 0. The van der Waals surface area contributed by atoms with Crippen LogP contribution in [-0.4, -0.2) is 34.5 Å². The molecule has 126 valence electrons. The van der Waals surface area contributed by atoms with Crippen LogP contribution in [0.1, 0.15) is 19.0 Å². The fraction of sp³-hybridized carbons (Fsp3) is 0.417. The maximum atomic E-state index is 13.1. The highest BCUT2D eigenvalue weighted by Crippen LogP contribution is 2.41. The molecule has 0 bridgehead atoms. The van der Waals surface area contributed by atoms with Crippen LogP contribution in [0.5, 0.6) is 0 Å². The molecule has 0 unspecified atom stereocenters. The number of nitrogens with one attached hydrogen (secondary N) is 1. The molecule has 1 aliphatic heterocycles. The minimum Gasteiger partial charge on any atom is -0.465 e. The van der Waals surface area contributed by atoms with Crippen molar-refractivity contribution < 1.29 is 27.8 Å². The number of carboxylic acid groups (broad SMARTS) is 1. The number of carbonyl (C=O) groups is 1. The third kappa shape index (κ3) is 4.05. The molecule has 0 saturated carbocycles. The number of rotatable bonds is 1. The van der Waals surface area contributed by atoms with Crippen LogP contribution in [0.15, 0.2) is 21.7 Å². The number of aliphatic imine (C=N–C) groups is 1. The van der Waals surface area contributed by atoms with E-state index < -0.39 is 36.4 Å². The van der Waals surface area contributed by atoms with Gasteiger partial charge in [-0.3, -0.25) is 0 Å². The van der Waals surface area contributed by atoms with Gasteiger partial charge in [0.25, 0.3) is 6.02 Å². The molecule has 11 heteroatoms. The van der Waals surface area contributed by atoms with Crippen molar-refractivity contribution in [1.82, 2.24) is 10.3 Å². The number of nitrogens with zero attached hydrogens (tertiary/aromatic N) is 2. The van der Waals surface area contributed by atoms with Gasteiger partial charge in [-0.15, -0.1) is 0 Å². The lowest BCUT2D eigenvalue weighted by atomic mass is 9.89.